The summed E-state index contributed by atoms with van der Waals surface area (Å²) in [4.78, 5) is 12.8. The molecule has 1 heterocycles. The maximum absolute atomic E-state index is 10.6. The Morgan fingerprint density at radius 3 is 2.95 bits per heavy atom. The van der Waals surface area contributed by atoms with E-state index in [1.165, 1.54) is 5.56 Å². The van der Waals surface area contributed by atoms with Crippen LogP contribution in [0.1, 0.15) is 31.4 Å². The van der Waals surface area contributed by atoms with E-state index < -0.39 is 5.97 Å². The number of hydrogen-bond acceptors (Lipinski definition) is 3. The summed E-state index contributed by atoms with van der Waals surface area (Å²) in [5.74, 6) is 0.634. The molecule has 2 atom stereocenters. The molecule has 1 N–H and O–H groups in total. The van der Waals surface area contributed by atoms with Crippen LogP contribution < -0.4 is 4.74 Å². The minimum atomic E-state index is -0.728. The number of hydrogen-bond donors (Lipinski definition) is 1. The SMILES string of the molecule is CC1COc2ccccc2C1N(C)CCCC(=O)O. The molecule has 0 spiro atoms. The molecule has 0 fully saturated rings. The summed E-state index contributed by atoms with van der Waals surface area (Å²) < 4.78 is 5.74. The fourth-order valence-corrected chi connectivity index (χ4v) is 2.77. The largest absolute Gasteiger partial charge is 0.493 e. The molecule has 1 aromatic carbocycles. The van der Waals surface area contributed by atoms with Crippen molar-refractivity contribution in [2.45, 2.75) is 25.8 Å². The van der Waals surface area contributed by atoms with Crippen molar-refractivity contribution in [3.63, 3.8) is 0 Å². The van der Waals surface area contributed by atoms with E-state index in [4.69, 9.17) is 9.84 Å². The van der Waals surface area contributed by atoms with Gasteiger partial charge in [0.05, 0.1) is 6.61 Å². The molecule has 0 radical (unpaired) electrons. The molecule has 2 rings (SSSR count). The molecule has 2 unspecified atom stereocenters. The molecule has 104 valence electrons. The number of carbonyl (C=O) groups is 1. The zero-order chi connectivity index (χ0) is 13.8. The normalized spacial score (nSPS) is 21.8. The molecule has 0 amide bonds. The molecular formula is C15H21NO3. The predicted molar refractivity (Wildman–Crippen MR) is 73.3 cm³/mol. The second-order valence-corrected chi connectivity index (χ2v) is 5.25. The van der Waals surface area contributed by atoms with Gasteiger partial charge in [0.25, 0.3) is 0 Å². The van der Waals surface area contributed by atoms with E-state index in [9.17, 15) is 4.79 Å². The molecule has 4 heteroatoms. The highest BCUT2D eigenvalue weighted by atomic mass is 16.5. The fraction of sp³-hybridized carbons (Fsp3) is 0.533. The second kappa shape index (κ2) is 6.06. The average Bonchev–Trinajstić information content (AvgIpc) is 2.38. The lowest BCUT2D eigenvalue weighted by atomic mass is 9.91. The van der Waals surface area contributed by atoms with Gasteiger partial charge in [0.15, 0.2) is 0 Å². The first-order valence-corrected chi connectivity index (χ1v) is 6.73. The summed E-state index contributed by atoms with van der Waals surface area (Å²) in [7, 11) is 2.06. The van der Waals surface area contributed by atoms with E-state index in [2.05, 4.69) is 24.9 Å². The quantitative estimate of drug-likeness (QED) is 0.887. The van der Waals surface area contributed by atoms with Gasteiger partial charge in [-0.2, -0.15) is 0 Å². The first-order valence-electron chi connectivity index (χ1n) is 6.73. The van der Waals surface area contributed by atoms with Crippen LogP contribution in [0.5, 0.6) is 5.75 Å². The van der Waals surface area contributed by atoms with Crippen molar-refractivity contribution in [3.8, 4) is 5.75 Å². The van der Waals surface area contributed by atoms with Crippen molar-refractivity contribution >= 4 is 5.97 Å². The molecule has 0 aliphatic carbocycles. The predicted octanol–water partition coefficient (Wildman–Crippen LogP) is 2.55. The third-order valence-corrected chi connectivity index (χ3v) is 3.65. The molecule has 1 aliphatic rings. The maximum Gasteiger partial charge on any atom is 0.303 e. The van der Waals surface area contributed by atoms with Crippen LogP contribution >= 0.6 is 0 Å². The first kappa shape index (κ1) is 13.9. The fourth-order valence-electron chi connectivity index (χ4n) is 2.77. The molecule has 4 nitrogen and oxygen atoms in total. The van der Waals surface area contributed by atoms with Gasteiger partial charge in [-0.3, -0.25) is 9.69 Å². The van der Waals surface area contributed by atoms with Gasteiger partial charge in [-0.1, -0.05) is 25.1 Å². The third-order valence-electron chi connectivity index (χ3n) is 3.65. The Bertz CT molecular complexity index is 447. The van der Waals surface area contributed by atoms with Crippen molar-refractivity contribution in [1.82, 2.24) is 4.90 Å². The molecule has 0 aromatic heterocycles. The van der Waals surface area contributed by atoms with Crippen LogP contribution in [0.2, 0.25) is 0 Å². The lowest BCUT2D eigenvalue weighted by Gasteiger charge is -2.37. The number of aliphatic carboxylic acids is 1. The van der Waals surface area contributed by atoms with Crippen LogP contribution in [-0.2, 0) is 4.79 Å². The van der Waals surface area contributed by atoms with Crippen molar-refractivity contribution in [2.24, 2.45) is 5.92 Å². The molecule has 1 aromatic rings. The van der Waals surface area contributed by atoms with Gasteiger partial charge in [0, 0.05) is 23.9 Å². The van der Waals surface area contributed by atoms with Gasteiger partial charge >= 0.3 is 5.97 Å². The third kappa shape index (κ3) is 3.26. The number of para-hydroxylation sites is 1. The highest BCUT2D eigenvalue weighted by Gasteiger charge is 2.30. The number of carboxylic acids is 1. The van der Waals surface area contributed by atoms with Crippen LogP contribution in [0, 0.1) is 5.92 Å². The molecule has 19 heavy (non-hydrogen) atoms. The van der Waals surface area contributed by atoms with E-state index in [-0.39, 0.29) is 6.42 Å². The first-order chi connectivity index (χ1) is 9.09. The smallest absolute Gasteiger partial charge is 0.303 e. The van der Waals surface area contributed by atoms with Crippen LogP contribution in [0.3, 0.4) is 0 Å². The Balaban J connectivity index is 2.07. The van der Waals surface area contributed by atoms with Crippen molar-refractivity contribution < 1.29 is 14.6 Å². The number of nitrogens with zero attached hydrogens (tertiary/aromatic N) is 1. The van der Waals surface area contributed by atoms with Gasteiger partial charge in [0.1, 0.15) is 5.75 Å². The van der Waals surface area contributed by atoms with E-state index in [0.29, 0.717) is 25.0 Å². The number of ether oxygens (including phenoxy) is 1. The second-order valence-electron chi connectivity index (χ2n) is 5.25. The zero-order valence-corrected chi connectivity index (χ0v) is 11.5. The average molecular weight is 263 g/mol. The Morgan fingerprint density at radius 1 is 1.47 bits per heavy atom. The summed E-state index contributed by atoms with van der Waals surface area (Å²) in [6, 6.07) is 8.41. The molecule has 1 aliphatic heterocycles. The standard InChI is InChI=1S/C15H21NO3/c1-11-10-19-13-7-4-3-6-12(13)15(11)16(2)9-5-8-14(17)18/h3-4,6-7,11,15H,5,8-10H2,1-2H3,(H,17,18). The summed E-state index contributed by atoms with van der Waals surface area (Å²) in [6.45, 7) is 3.68. The molecule has 0 saturated heterocycles. The van der Waals surface area contributed by atoms with Gasteiger partial charge in [0.2, 0.25) is 0 Å². The van der Waals surface area contributed by atoms with E-state index >= 15 is 0 Å². The molecule has 0 bridgehead atoms. The Labute approximate surface area is 114 Å². The number of carboxylic acid groups (broad SMARTS) is 1. The minimum absolute atomic E-state index is 0.226. The van der Waals surface area contributed by atoms with Crippen molar-refractivity contribution in [3.05, 3.63) is 29.8 Å². The maximum atomic E-state index is 10.6. The molecule has 0 saturated carbocycles. The monoisotopic (exact) mass is 263 g/mol. The van der Waals surface area contributed by atoms with Crippen molar-refractivity contribution in [2.75, 3.05) is 20.2 Å². The van der Waals surface area contributed by atoms with Crippen LogP contribution in [0.15, 0.2) is 24.3 Å². The summed E-state index contributed by atoms with van der Waals surface area (Å²) in [5, 5.41) is 8.71. The highest BCUT2D eigenvalue weighted by molar-refractivity contribution is 5.66. The van der Waals surface area contributed by atoms with Gasteiger partial charge < -0.3 is 9.84 Å². The summed E-state index contributed by atoms with van der Waals surface area (Å²) >= 11 is 0. The highest BCUT2D eigenvalue weighted by Crippen LogP contribution is 2.38. The lowest BCUT2D eigenvalue weighted by molar-refractivity contribution is -0.137. The summed E-state index contributed by atoms with van der Waals surface area (Å²) in [6.07, 6.45) is 0.904. The van der Waals surface area contributed by atoms with E-state index in [1.807, 2.05) is 18.2 Å². The van der Waals surface area contributed by atoms with Crippen LogP contribution in [0.4, 0.5) is 0 Å². The summed E-state index contributed by atoms with van der Waals surface area (Å²) in [5.41, 5.74) is 1.21. The van der Waals surface area contributed by atoms with E-state index in [0.717, 1.165) is 12.3 Å². The Hall–Kier alpha value is -1.55. The van der Waals surface area contributed by atoms with Gasteiger partial charge in [-0.25, -0.2) is 0 Å². The van der Waals surface area contributed by atoms with E-state index in [1.54, 1.807) is 0 Å². The van der Waals surface area contributed by atoms with Crippen molar-refractivity contribution in [1.29, 1.82) is 0 Å². The number of fused-ring (bicyclic) bond motifs is 1. The Kier molecular flexibility index (Phi) is 4.43. The van der Waals surface area contributed by atoms with Gasteiger partial charge in [-0.15, -0.1) is 0 Å². The number of rotatable bonds is 5. The molecular weight excluding hydrogens is 242 g/mol. The van der Waals surface area contributed by atoms with Gasteiger partial charge in [-0.05, 0) is 26.1 Å². The topological polar surface area (TPSA) is 49.8 Å². The lowest BCUT2D eigenvalue weighted by Crippen LogP contribution is -2.36. The van der Waals surface area contributed by atoms with Crippen LogP contribution in [0.25, 0.3) is 0 Å². The zero-order valence-electron chi connectivity index (χ0n) is 11.5. The number of benzene rings is 1. The minimum Gasteiger partial charge on any atom is -0.493 e. The van der Waals surface area contributed by atoms with Crippen LogP contribution in [-0.4, -0.2) is 36.2 Å². The Morgan fingerprint density at radius 2 is 2.21 bits per heavy atom.